The van der Waals surface area contributed by atoms with E-state index >= 15 is 0 Å². The van der Waals surface area contributed by atoms with E-state index in [2.05, 4.69) is 39.2 Å². The van der Waals surface area contributed by atoms with Crippen LogP contribution in [0.1, 0.15) is 30.6 Å². The summed E-state index contributed by atoms with van der Waals surface area (Å²) in [6.45, 7) is 6.48. The Kier molecular flexibility index (Phi) is 10.4. The smallest absolute Gasteiger partial charge is 0.194 e. The average molecular weight is 510 g/mol. The molecule has 0 saturated carbocycles. The van der Waals surface area contributed by atoms with Crippen LogP contribution in [0.3, 0.4) is 0 Å². The second-order valence-corrected chi connectivity index (χ2v) is 7.09. The normalized spacial score (nSPS) is 17.7. The van der Waals surface area contributed by atoms with E-state index in [-0.39, 0.29) is 24.0 Å². The molecule has 2 heterocycles. The quantitative estimate of drug-likeness (QED) is 0.324. The highest BCUT2D eigenvalue weighted by Crippen LogP contribution is 2.18. The van der Waals surface area contributed by atoms with Gasteiger partial charge in [0.25, 0.3) is 0 Å². The maximum atomic E-state index is 10.4. The number of likely N-dealkylation sites (tertiary alicyclic amines) is 1. The molecule has 2 aromatic rings. The minimum absolute atomic E-state index is 0. The van der Waals surface area contributed by atoms with Gasteiger partial charge < -0.3 is 20.1 Å². The average Bonchev–Trinajstić information content (AvgIpc) is 3.21. The van der Waals surface area contributed by atoms with Gasteiger partial charge in [-0.1, -0.05) is 30.3 Å². The van der Waals surface area contributed by atoms with Crippen LogP contribution in [0.15, 0.2) is 59.9 Å². The van der Waals surface area contributed by atoms with Crippen LogP contribution >= 0.6 is 24.0 Å². The first-order chi connectivity index (χ1) is 13.8. The van der Waals surface area contributed by atoms with Crippen LogP contribution < -0.4 is 5.32 Å². The predicted octanol–water partition coefficient (Wildman–Crippen LogP) is 3.24. The second kappa shape index (κ2) is 12.8. The monoisotopic (exact) mass is 510 g/mol. The summed E-state index contributed by atoms with van der Waals surface area (Å²) in [6.07, 6.45) is 3.85. The number of aromatic nitrogens is 1. The Labute approximate surface area is 190 Å². The molecule has 158 valence electrons. The molecule has 1 aliphatic heterocycles. The summed E-state index contributed by atoms with van der Waals surface area (Å²) in [5.74, 6) is 1.36. The Morgan fingerprint density at radius 1 is 1.28 bits per heavy atom. The van der Waals surface area contributed by atoms with Gasteiger partial charge in [0.1, 0.15) is 0 Å². The number of pyridine rings is 1. The second-order valence-electron chi connectivity index (χ2n) is 7.09. The number of ether oxygens (including phenoxy) is 1. The molecule has 0 bridgehead atoms. The van der Waals surface area contributed by atoms with Gasteiger partial charge in [0.05, 0.1) is 25.9 Å². The third kappa shape index (κ3) is 7.56. The summed E-state index contributed by atoms with van der Waals surface area (Å²) in [5, 5.41) is 13.7. The first-order valence-electron chi connectivity index (χ1n) is 9.99. The lowest BCUT2D eigenvalue weighted by molar-refractivity contribution is 0.0906. The molecule has 0 amide bonds. The van der Waals surface area contributed by atoms with Crippen molar-refractivity contribution in [2.45, 2.75) is 26.1 Å². The summed E-state index contributed by atoms with van der Waals surface area (Å²) in [4.78, 5) is 10.9. The minimum atomic E-state index is -0.621. The molecule has 6 nitrogen and oxygen atoms in total. The topological polar surface area (TPSA) is 70.0 Å². The number of rotatable bonds is 8. The molecule has 7 heteroatoms. The highest BCUT2D eigenvalue weighted by Gasteiger charge is 2.25. The number of nitrogens with zero attached hydrogens (tertiary/aromatic N) is 3. The lowest BCUT2D eigenvalue weighted by Crippen LogP contribution is -2.40. The molecule has 1 aromatic heterocycles. The molecule has 1 aromatic carbocycles. The molecule has 2 unspecified atom stereocenters. The third-order valence-corrected chi connectivity index (χ3v) is 4.89. The van der Waals surface area contributed by atoms with Crippen molar-refractivity contribution < 1.29 is 9.84 Å². The Hall–Kier alpha value is -1.71. The van der Waals surface area contributed by atoms with Crippen molar-refractivity contribution in [3.8, 4) is 0 Å². The van der Waals surface area contributed by atoms with Crippen molar-refractivity contribution >= 4 is 29.9 Å². The van der Waals surface area contributed by atoms with Crippen LogP contribution in [0.25, 0.3) is 0 Å². The van der Waals surface area contributed by atoms with Gasteiger partial charge in [0.15, 0.2) is 5.96 Å². The van der Waals surface area contributed by atoms with Crippen molar-refractivity contribution in [3.05, 3.63) is 66.0 Å². The number of aliphatic hydroxyl groups excluding tert-OH is 1. The number of aliphatic hydroxyl groups is 1. The Bertz CT molecular complexity index is 730. The van der Waals surface area contributed by atoms with Crippen molar-refractivity contribution in [2.75, 3.05) is 32.8 Å². The van der Waals surface area contributed by atoms with E-state index < -0.39 is 6.10 Å². The molecule has 1 saturated heterocycles. The first-order valence-corrected chi connectivity index (χ1v) is 9.99. The van der Waals surface area contributed by atoms with Crippen molar-refractivity contribution in [1.82, 2.24) is 15.2 Å². The van der Waals surface area contributed by atoms with Gasteiger partial charge >= 0.3 is 0 Å². The van der Waals surface area contributed by atoms with E-state index in [9.17, 15) is 5.11 Å². The fraction of sp³-hybridized carbons (Fsp3) is 0.455. The number of hydrogen-bond acceptors (Lipinski definition) is 4. The molecule has 1 aliphatic rings. The summed E-state index contributed by atoms with van der Waals surface area (Å²) in [7, 11) is 0. The van der Waals surface area contributed by atoms with Crippen LogP contribution in [0.2, 0.25) is 0 Å². The standard InChI is InChI=1S/C22H30N4O2.HI/c1-2-24-22(25-14-21(27)20-8-11-23-12-9-20)26-13-10-19(15-26)17-28-16-18-6-4-3-5-7-18;/h3-9,11-12,19,21,27H,2,10,13-17H2,1H3,(H,24,25);1H. The number of halogens is 1. The number of guanidine groups is 1. The van der Waals surface area contributed by atoms with Crippen LogP contribution in [-0.4, -0.2) is 53.7 Å². The number of aliphatic imine (C=N–C) groups is 1. The van der Waals surface area contributed by atoms with E-state index in [0.29, 0.717) is 19.1 Å². The molecule has 29 heavy (non-hydrogen) atoms. The van der Waals surface area contributed by atoms with E-state index in [1.807, 2.05) is 30.3 Å². The van der Waals surface area contributed by atoms with Crippen LogP contribution in [0, 0.1) is 5.92 Å². The molecule has 2 N–H and O–H groups in total. The molecule has 0 spiro atoms. The third-order valence-electron chi connectivity index (χ3n) is 4.89. The summed E-state index contributed by atoms with van der Waals surface area (Å²) >= 11 is 0. The first kappa shape index (κ1) is 23.6. The number of hydrogen-bond donors (Lipinski definition) is 2. The molecule has 0 radical (unpaired) electrons. The van der Waals surface area contributed by atoms with E-state index in [1.54, 1.807) is 12.4 Å². The molecular formula is C22H31IN4O2. The lowest BCUT2D eigenvalue weighted by Gasteiger charge is -2.22. The van der Waals surface area contributed by atoms with Gasteiger partial charge in [-0.05, 0) is 36.6 Å². The Morgan fingerprint density at radius 2 is 2.03 bits per heavy atom. The Morgan fingerprint density at radius 3 is 2.76 bits per heavy atom. The van der Waals surface area contributed by atoms with Gasteiger partial charge in [-0.15, -0.1) is 24.0 Å². The highest BCUT2D eigenvalue weighted by molar-refractivity contribution is 14.0. The van der Waals surface area contributed by atoms with Gasteiger partial charge in [0, 0.05) is 37.9 Å². The van der Waals surface area contributed by atoms with Crippen molar-refractivity contribution in [1.29, 1.82) is 0 Å². The Balaban J connectivity index is 0.00000300. The van der Waals surface area contributed by atoms with E-state index in [0.717, 1.165) is 44.2 Å². The zero-order valence-corrected chi connectivity index (χ0v) is 19.2. The SMILES string of the molecule is CCNC(=NCC(O)c1ccncc1)N1CCC(COCc2ccccc2)C1.I. The van der Waals surface area contributed by atoms with Gasteiger partial charge in [0.2, 0.25) is 0 Å². The predicted molar refractivity (Wildman–Crippen MR) is 126 cm³/mol. The van der Waals surface area contributed by atoms with Gasteiger partial charge in [-0.25, -0.2) is 0 Å². The summed E-state index contributed by atoms with van der Waals surface area (Å²) in [6, 6.07) is 13.9. The number of benzene rings is 1. The summed E-state index contributed by atoms with van der Waals surface area (Å²) in [5.41, 5.74) is 2.04. The van der Waals surface area contributed by atoms with Crippen LogP contribution in [-0.2, 0) is 11.3 Å². The number of nitrogens with one attached hydrogen (secondary N) is 1. The lowest BCUT2D eigenvalue weighted by atomic mass is 10.1. The summed E-state index contributed by atoms with van der Waals surface area (Å²) < 4.78 is 5.91. The largest absolute Gasteiger partial charge is 0.386 e. The zero-order valence-electron chi connectivity index (χ0n) is 16.9. The van der Waals surface area contributed by atoms with E-state index in [4.69, 9.17) is 4.74 Å². The fourth-order valence-corrected chi connectivity index (χ4v) is 3.37. The van der Waals surface area contributed by atoms with Crippen molar-refractivity contribution in [2.24, 2.45) is 10.9 Å². The molecule has 0 aliphatic carbocycles. The van der Waals surface area contributed by atoms with Crippen LogP contribution in [0.5, 0.6) is 0 Å². The van der Waals surface area contributed by atoms with Gasteiger partial charge in [-0.2, -0.15) is 0 Å². The molecule has 3 rings (SSSR count). The highest BCUT2D eigenvalue weighted by atomic mass is 127. The maximum absolute atomic E-state index is 10.4. The van der Waals surface area contributed by atoms with Crippen molar-refractivity contribution in [3.63, 3.8) is 0 Å². The van der Waals surface area contributed by atoms with Gasteiger partial charge in [-0.3, -0.25) is 9.98 Å². The maximum Gasteiger partial charge on any atom is 0.194 e. The molecular weight excluding hydrogens is 479 g/mol. The minimum Gasteiger partial charge on any atom is -0.386 e. The molecule has 1 fully saturated rings. The zero-order chi connectivity index (χ0) is 19.6. The van der Waals surface area contributed by atoms with E-state index in [1.165, 1.54) is 5.56 Å². The molecule has 2 atom stereocenters. The van der Waals surface area contributed by atoms with Crippen LogP contribution in [0.4, 0.5) is 0 Å². The fourth-order valence-electron chi connectivity index (χ4n) is 3.37.